The van der Waals surface area contributed by atoms with E-state index < -0.39 is 61.1 Å². The Morgan fingerprint density at radius 1 is 0.375 bits per heavy atom. The summed E-state index contributed by atoms with van der Waals surface area (Å²) in [6.45, 7) is 1.08. The van der Waals surface area contributed by atoms with Gasteiger partial charge >= 0.3 is 5.97 Å². The average molecular weight is 1080 g/mol. The van der Waals surface area contributed by atoms with Crippen molar-refractivity contribution in [2.75, 3.05) is 13.2 Å². The quantitative estimate of drug-likeness (QED) is 0.0431. The van der Waals surface area contributed by atoms with Gasteiger partial charge < -0.3 is 52.5 Å². The van der Waals surface area contributed by atoms with Crippen LogP contribution in [0.15, 0.2) is 243 Å². The molecule has 1 N–H and O–H groups in total. The number of hydrogen-bond donors (Lipinski definition) is 1. The van der Waals surface area contributed by atoms with E-state index in [2.05, 4.69) is 0 Å². The van der Waals surface area contributed by atoms with Crippen molar-refractivity contribution in [1.82, 2.24) is 0 Å². The van der Waals surface area contributed by atoms with Crippen molar-refractivity contribution in [3.63, 3.8) is 0 Å². The first-order chi connectivity index (χ1) is 39.5. The first-order valence-corrected chi connectivity index (χ1v) is 27.2. The number of hydrogen-bond acceptors (Lipinski definition) is 11. The van der Waals surface area contributed by atoms with E-state index in [0.29, 0.717) is 6.61 Å². The monoisotopic (exact) mass is 1080 g/mol. The summed E-state index contributed by atoms with van der Waals surface area (Å²) >= 11 is 0. The van der Waals surface area contributed by atoms with Gasteiger partial charge in [0, 0.05) is 0 Å². The molecule has 1 aliphatic rings. The summed E-state index contributed by atoms with van der Waals surface area (Å²) in [5, 5.41) is 11.3. The van der Waals surface area contributed by atoms with Crippen LogP contribution in [0, 0.1) is 0 Å². The molecule has 0 aromatic heterocycles. The third kappa shape index (κ3) is 17.9. The van der Waals surface area contributed by atoms with Gasteiger partial charge in [-0.1, -0.05) is 243 Å². The summed E-state index contributed by atoms with van der Waals surface area (Å²) in [7, 11) is 0. The molecular formula is C68H70O12. The normalized spacial score (nSPS) is 18.7. The van der Waals surface area contributed by atoms with E-state index in [1.165, 1.54) is 0 Å². The molecule has 1 saturated heterocycles. The van der Waals surface area contributed by atoms with Crippen LogP contribution in [0.2, 0.25) is 0 Å². The van der Waals surface area contributed by atoms with Crippen LogP contribution in [0.4, 0.5) is 0 Å². The minimum absolute atomic E-state index is 0.0200. The molecule has 0 unspecified atom stereocenters. The average Bonchev–Trinajstić information content (AvgIpc) is 3.52. The second-order valence-electron chi connectivity index (χ2n) is 19.6. The Kier molecular flexibility index (Phi) is 22.7. The molecule has 0 bridgehead atoms. The Labute approximate surface area is 469 Å². The molecule has 8 aromatic carbocycles. The Morgan fingerprint density at radius 2 is 0.700 bits per heavy atom. The van der Waals surface area contributed by atoms with E-state index >= 15 is 0 Å². The van der Waals surface area contributed by atoms with Gasteiger partial charge in [-0.15, -0.1) is 0 Å². The third-order valence-corrected chi connectivity index (χ3v) is 13.6. The predicted molar refractivity (Wildman–Crippen MR) is 303 cm³/mol. The molecule has 12 heteroatoms. The lowest BCUT2D eigenvalue weighted by Crippen LogP contribution is -2.63. The zero-order valence-electron chi connectivity index (χ0n) is 44.8. The predicted octanol–water partition coefficient (Wildman–Crippen LogP) is 12.1. The number of carbonyl (C=O) groups is 1. The third-order valence-electron chi connectivity index (χ3n) is 13.6. The van der Waals surface area contributed by atoms with Crippen LogP contribution >= 0.6 is 0 Å². The van der Waals surface area contributed by atoms with Gasteiger partial charge in [-0.25, -0.2) is 4.79 Å². The van der Waals surface area contributed by atoms with Gasteiger partial charge in [-0.2, -0.15) is 0 Å². The molecule has 0 amide bonds. The summed E-state index contributed by atoms with van der Waals surface area (Å²) in [4.78, 5) is 13.9. The van der Waals surface area contributed by atoms with Gasteiger partial charge in [0.1, 0.15) is 42.7 Å². The van der Waals surface area contributed by atoms with Crippen LogP contribution in [-0.4, -0.2) is 79.4 Å². The fourth-order valence-electron chi connectivity index (χ4n) is 9.48. The zero-order chi connectivity index (χ0) is 54.8. The number of rotatable bonds is 32. The summed E-state index contributed by atoms with van der Waals surface area (Å²) in [6.07, 6.45) is -9.84. The SMILES string of the molecule is O=C(O)[C@@H](OCc1ccccc1)[C@@H](OCc1ccccc1)[C@H](OCc1ccccc1)[C@@H](COCc1ccccc1)O[C@@H]1O[C@H](COCc2ccccc2)[C@@H](OCc2ccccc2)[C@H](OCc2ccccc2)[C@@H]1OCc1ccccc1. The molecule has 0 spiro atoms. The van der Waals surface area contributed by atoms with Crippen molar-refractivity contribution in [1.29, 1.82) is 0 Å². The molecule has 80 heavy (non-hydrogen) atoms. The summed E-state index contributed by atoms with van der Waals surface area (Å²) in [5.41, 5.74) is 7.13. The van der Waals surface area contributed by atoms with E-state index in [1.807, 2.05) is 243 Å². The highest BCUT2D eigenvalue weighted by Crippen LogP contribution is 2.34. The number of aliphatic carboxylic acids is 1. The van der Waals surface area contributed by atoms with Gasteiger partial charge in [0.25, 0.3) is 0 Å². The molecule has 1 fully saturated rings. The second-order valence-corrected chi connectivity index (χ2v) is 19.6. The van der Waals surface area contributed by atoms with Crippen LogP contribution in [0.1, 0.15) is 44.5 Å². The highest BCUT2D eigenvalue weighted by Gasteiger charge is 2.52. The maximum Gasteiger partial charge on any atom is 0.335 e. The maximum absolute atomic E-state index is 13.9. The standard InChI is InChI=1S/C68H70O12/c69-67(70)65(77-47-57-37-21-7-22-38-57)63(75-45-55-33-17-5-18-34-55)61(73-43-53-29-13-3-14-30-53)59(49-71-41-51-25-9-1-10-26-51)79-68-66(78-48-58-39-23-8-24-40-58)64(76-46-56-35-19-6-20-36-56)62(74-44-54-31-15-4-16-32-54)60(80-68)50-72-42-52-27-11-2-12-28-52/h1-40,59-66,68H,41-50H2,(H,69,70)/t59-,60-,61-,62-,63+,64+,65+,66+,68-/m1/s1. The van der Waals surface area contributed by atoms with Crippen molar-refractivity contribution in [2.45, 2.75) is 108 Å². The van der Waals surface area contributed by atoms with Gasteiger partial charge in [-0.05, 0) is 44.5 Å². The minimum atomic E-state index is -1.57. The van der Waals surface area contributed by atoms with E-state index in [4.69, 9.17) is 47.4 Å². The van der Waals surface area contributed by atoms with E-state index in [9.17, 15) is 9.90 Å². The molecule has 0 saturated carbocycles. The Morgan fingerprint density at radius 3 is 1.10 bits per heavy atom. The Balaban J connectivity index is 1.15. The lowest BCUT2D eigenvalue weighted by molar-refractivity contribution is -0.347. The van der Waals surface area contributed by atoms with Gasteiger partial charge in [0.05, 0.1) is 66.1 Å². The second kappa shape index (κ2) is 31.6. The molecule has 414 valence electrons. The Bertz CT molecular complexity index is 2930. The molecule has 8 aromatic rings. The zero-order valence-corrected chi connectivity index (χ0v) is 44.8. The minimum Gasteiger partial charge on any atom is -0.479 e. The van der Waals surface area contributed by atoms with Gasteiger partial charge in [0.2, 0.25) is 0 Å². The van der Waals surface area contributed by atoms with Crippen LogP contribution < -0.4 is 0 Å². The van der Waals surface area contributed by atoms with Crippen molar-refractivity contribution < 1.29 is 57.3 Å². The van der Waals surface area contributed by atoms with E-state index in [0.717, 1.165) is 44.5 Å². The Hall–Kier alpha value is -7.17. The molecule has 0 radical (unpaired) electrons. The first kappa shape index (κ1) is 57.5. The summed E-state index contributed by atoms with van der Waals surface area (Å²) in [6, 6.07) is 78.1. The van der Waals surface area contributed by atoms with Crippen LogP contribution in [0.25, 0.3) is 0 Å². The van der Waals surface area contributed by atoms with Crippen molar-refractivity contribution in [3.05, 3.63) is 287 Å². The summed E-state index contributed by atoms with van der Waals surface area (Å²) in [5.74, 6) is -1.25. The van der Waals surface area contributed by atoms with Crippen molar-refractivity contribution in [3.8, 4) is 0 Å². The topological polar surface area (TPSA) is 130 Å². The molecule has 1 heterocycles. The molecular weight excluding hydrogens is 1010 g/mol. The smallest absolute Gasteiger partial charge is 0.335 e. The number of carboxylic acid groups (broad SMARTS) is 1. The molecule has 1 aliphatic heterocycles. The molecule has 9 rings (SSSR count). The highest BCUT2D eigenvalue weighted by atomic mass is 16.7. The fraction of sp³-hybridized carbons (Fsp3) is 0.279. The summed E-state index contributed by atoms with van der Waals surface area (Å²) < 4.78 is 69.5. The largest absolute Gasteiger partial charge is 0.479 e. The maximum atomic E-state index is 13.9. The highest BCUT2D eigenvalue weighted by molar-refractivity contribution is 5.73. The fourth-order valence-corrected chi connectivity index (χ4v) is 9.48. The van der Waals surface area contributed by atoms with Gasteiger partial charge in [0.15, 0.2) is 12.4 Å². The van der Waals surface area contributed by atoms with Gasteiger partial charge in [-0.3, -0.25) is 0 Å². The number of ether oxygens (including phenoxy) is 10. The van der Waals surface area contributed by atoms with E-state index in [-0.39, 0.29) is 59.5 Å². The first-order valence-electron chi connectivity index (χ1n) is 27.2. The lowest BCUT2D eigenvalue weighted by Gasteiger charge is -2.47. The van der Waals surface area contributed by atoms with Crippen LogP contribution in [-0.2, 0) is 105 Å². The van der Waals surface area contributed by atoms with E-state index in [1.54, 1.807) is 0 Å². The molecule has 12 nitrogen and oxygen atoms in total. The lowest BCUT2D eigenvalue weighted by atomic mass is 9.97. The van der Waals surface area contributed by atoms with Crippen molar-refractivity contribution >= 4 is 5.97 Å². The van der Waals surface area contributed by atoms with Crippen LogP contribution in [0.3, 0.4) is 0 Å². The number of benzene rings is 8. The molecule has 0 aliphatic carbocycles. The molecule has 9 atom stereocenters. The van der Waals surface area contributed by atoms with Crippen molar-refractivity contribution in [2.24, 2.45) is 0 Å². The number of carboxylic acids is 1. The van der Waals surface area contributed by atoms with Crippen LogP contribution in [0.5, 0.6) is 0 Å².